The van der Waals surface area contributed by atoms with Crippen molar-refractivity contribution in [2.75, 3.05) is 0 Å². The topological polar surface area (TPSA) is 26.3 Å². The summed E-state index contributed by atoms with van der Waals surface area (Å²) >= 11 is 0. The van der Waals surface area contributed by atoms with Crippen molar-refractivity contribution in [1.82, 2.24) is 0 Å². The molecule has 0 aromatic heterocycles. The molecule has 0 heterocycles. The van der Waals surface area contributed by atoms with Crippen molar-refractivity contribution in [2.45, 2.75) is 93.1 Å². The highest BCUT2D eigenvalue weighted by Gasteiger charge is 2.48. The second kappa shape index (κ2) is 7.79. The molecule has 24 heavy (non-hydrogen) atoms. The SMILES string of the molecule is CC(=O)OC1CC(C)(C2CC(C)CCC2C(C)C)CCC1C(C)C. The summed E-state index contributed by atoms with van der Waals surface area (Å²) in [5.41, 5.74) is 0.328. The molecule has 6 atom stereocenters. The highest BCUT2D eigenvalue weighted by atomic mass is 16.5. The minimum absolute atomic E-state index is 0.104. The molecule has 0 radical (unpaired) electrons. The molecule has 0 bridgehead atoms. The minimum atomic E-state index is -0.104. The molecule has 2 rings (SSSR count). The molecule has 2 fully saturated rings. The predicted molar refractivity (Wildman–Crippen MR) is 101 cm³/mol. The minimum Gasteiger partial charge on any atom is -0.462 e. The van der Waals surface area contributed by atoms with E-state index >= 15 is 0 Å². The summed E-state index contributed by atoms with van der Waals surface area (Å²) in [4.78, 5) is 11.7. The normalized spacial score (nSPS) is 40.8. The average molecular weight is 337 g/mol. The molecule has 0 aromatic rings. The lowest BCUT2D eigenvalue weighted by Gasteiger charge is -2.53. The van der Waals surface area contributed by atoms with Crippen molar-refractivity contribution in [1.29, 1.82) is 0 Å². The highest BCUT2D eigenvalue weighted by molar-refractivity contribution is 5.66. The summed E-state index contributed by atoms with van der Waals surface area (Å²) in [6, 6.07) is 0. The second-order valence-electron chi connectivity index (χ2n) is 9.89. The Morgan fingerprint density at radius 3 is 2.21 bits per heavy atom. The van der Waals surface area contributed by atoms with Gasteiger partial charge in [0.25, 0.3) is 0 Å². The average Bonchev–Trinajstić information content (AvgIpc) is 2.45. The number of hydrogen-bond donors (Lipinski definition) is 0. The van der Waals surface area contributed by atoms with Gasteiger partial charge in [0.1, 0.15) is 6.10 Å². The largest absolute Gasteiger partial charge is 0.462 e. The van der Waals surface area contributed by atoms with Crippen molar-refractivity contribution in [3.05, 3.63) is 0 Å². The van der Waals surface area contributed by atoms with Crippen molar-refractivity contribution < 1.29 is 9.53 Å². The standard InChI is InChI=1S/C22H40O2/c1-14(2)18-9-8-16(5)12-20(18)22(7)11-10-19(15(3)4)21(13-22)24-17(6)23/h14-16,18-21H,8-13H2,1-7H3. The molecule has 0 saturated heterocycles. The van der Waals surface area contributed by atoms with Crippen LogP contribution >= 0.6 is 0 Å². The lowest BCUT2D eigenvalue weighted by atomic mass is 9.54. The van der Waals surface area contributed by atoms with Gasteiger partial charge in [-0.1, -0.05) is 48.0 Å². The van der Waals surface area contributed by atoms with E-state index < -0.39 is 0 Å². The molecular formula is C22H40O2. The van der Waals surface area contributed by atoms with Gasteiger partial charge < -0.3 is 4.74 Å². The lowest BCUT2D eigenvalue weighted by molar-refractivity contribution is -0.158. The van der Waals surface area contributed by atoms with Gasteiger partial charge in [-0.15, -0.1) is 0 Å². The maximum absolute atomic E-state index is 11.7. The van der Waals surface area contributed by atoms with E-state index in [-0.39, 0.29) is 12.1 Å². The fraction of sp³-hybridized carbons (Fsp3) is 0.955. The van der Waals surface area contributed by atoms with Gasteiger partial charge in [0.15, 0.2) is 0 Å². The summed E-state index contributed by atoms with van der Waals surface area (Å²) in [6.07, 6.45) is 7.82. The number of rotatable bonds is 4. The molecule has 2 nitrogen and oxygen atoms in total. The van der Waals surface area contributed by atoms with Crippen molar-refractivity contribution in [3.63, 3.8) is 0 Å². The van der Waals surface area contributed by atoms with Crippen LogP contribution < -0.4 is 0 Å². The summed E-state index contributed by atoms with van der Waals surface area (Å²) < 4.78 is 5.84. The second-order valence-corrected chi connectivity index (χ2v) is 9.89. The quantitative estimate of drug-likeness (QED) is 0.581. The van der Waals surface area contributed by atoms with E-state index in [2.05, 4.69) is 41.5 Å². The molecule has 2 aliphatic rings. The molecule has 140 valence electrons. The number of esters is 1. The Kier molecular flexibility index (Phi) is 6.42. The van der Waals surface area contributed by atoms with Gasteiger partial charge in [-0.2, -0.15) is 0 Å². The summed E-state index contributed by atoms with van der Waals surface area (Å²) in [5.74, 6) is 4.23. The Morgan fingerprint density at radius 2 is 1.67 bits per heavy atom. The molecule has 6 unspecified atom stereocenters. The Bertz CT molecular complexity index is 428. The van der Waals surface area contributed by atoms with E-state index in [0.29, 0.717) is 17.3 Å². The van der Waals surface area contributed by atoms with E-state index in [1.54, 1.807) is 6.92 Å². The molecular weight excluding hydrogens is 296 g/mol. The molecule has 0 spiro atoms. The third-order valence-corrected chi connectivity index (χ3v) is 7.28. The zero-order valence-electron chi connectivity index (χ0n) is 17.1. The van der Waals surface area contributed by atoms with Gasteiger partial charge in [-0.3, -0.25) is 4.79 Å². The van der Waals surface area contributed by atoms with E-state index in [1.165, 1.54) is 32.1 Å². The monoisotopic (exact) mass is 336 g/mol. The summed E-state index contributed by atoms with van der Waals surface area (Å²) in [5, 5.41) is 0. The summed E-state index contributed by atoms with van der Waals surface area (Å²) in [7, 11) is 0. The molecule has 2 saturated carbocycles. The van der Waals surface area contributed by atoms with Crippen LogP contribution in [0.5, 0.6) is 0 Å². The maximum Gasteiger partial charge on any atom is 0.302 e. The van der Waals surface area contributed by atoms with Crippen molar-refractivity contribution in [2.24, 2.45) is 40.9 Å². The van der Waals surface area contributed by atoms with Crippen LogP contribution in [0.3, 0.4) is 0 Å². The van der Waals surface area contributed by atoms with Crippen LogP contribution in [-0.2, 0) is 9.53 Å². The van der Waals surface area contributed by atoms with Gasteiger partial charge in [0.2, 0.25) is 0 Å². The van der Waals surface area contributed by atoms with Crippen molar-refractivity contribution in [3.8, 4) is 0 Å². The van der Waals surface area contributed by atoms with Gasteiger partial charge in [0, 0.05) is 6.92 Å². The molecule has 0 aliphatic heterocycles. The Balaban J connectivity index is 2.22. The third-order valence-electron chi connectivity index (χ3n) is 7.28. The first-order valence-electron chi connectivity index (χ1n) is 10.3. The first kappa shape index (κ1) is 19.8. The van der Waals surface area contributed by atoms with Crippen LogP contribution in [0.25, 0.3) is 0 Å². The third kappa shape index (κ3) is 4.35. The number of ether oxygens (including phenoxy) is 1. The Labute approximate surface area is 150 Å². The van der Waals surface area contributed by atoms with Crippen LogP contribution in [0.4, 0.5) is 0 Å². The Morgan fingerprint density at radius 1 is 1.04 bits per heavy atom. The van der Waals surface area contributed by atoms with E-state index in [4.69, 9.17) is 4.74 Å². The molecule has 0 amide bonds. The van der Waals surface area contributed by atoms with E-state index in [0.717, 1.165) is 30.1 Å². The van der Waals surface area contributed by atoms with Crippen LogP contribution in [0.15, 0.2) is 0 Å². The number of hydrogen-bond acceptors (Lipinski definition) is 2. The first-order valence-corrected chi connectivity index (χ1v) is 10.3. The summed E-state index contributed by atoms with van der Waals surface area (Å²) in [6.45, 7) is 15.9. The zero-order valence-corrected chi connectivity index (χ0v) is 17.1. The predicted octanol–water partition coefficient (Wildman–Crippen LogP) is 6.09. The smallest absolute Gasteiger partial charge is 0.302 e. The van der Waals surface area contributed by atoms with E-state index in [9.17, 15) is 4.79 Å². The Hall–Kier alpha value is -0.530. The highest BCUT2D eigenvalue weighted by Crippen LogP contribution is 2.55. The van der Waals surface area contributed by atoms with Crippen molar-refractivity contribution >= 4 is 5.97 Å². The number of carbonyl (C=O) groups excluding carboxylic acids is 1. The van der Waals surface area contributed by atoms with Crippen LogP contribution in [0, 0.1) is 40.9 Å². The van der Waals surface area contributed by atoms with Crippen LogP contribution in [0.1, 0.15) is 87.0 Å². The molecule has 2 aliphatic carbocycles. The van der Waals surface area contributed by atoms with Crippen LogP contribution in [-0.4, -0.2) is 12.1 Å². The lowest BCUT2D eigenvalue weighted by Crippen LogP contribution is -2.47. The van der Waals surface area contributed by atoms with Gasteiger partial charge in [-0.25, -0.2) is 0 Å². The zero-order chi connectivity index (χ0) is 18.1. The van der Waals surface area contributed by atoms with Crippen LogP contribution in [0.2, 0.25) is 0 Å². The first-order chi connectivity index (χ1) is 11.1. The molecule has 2 heteroatoms. The van der Waals surface area contributed by atoms with Gasteiger partial charge in [0.05, 0.1) is 0 Å². The number of carbonyl (C=O) groups is 1. The molecule has 0 aromatic carbocycles. The maximum atomic E-state index is 11.7. The van der Waals surface area contributed by atoms with E-state index in [1.807, 2.05) is 0 Å². The fourth-order valence-corrected chi connectivity index (χ4v) is 5.84. The van der Waals surface area contributed by atoms with Gasteiger partial charge in [-0.05, 0) is 73.0 Å². The van der Waals surface area contributed by atoms with Gasteiger partial charge >= 0.3 is 5.97 Å². The fourth-order valence-electron chi connectivity index (χ4n) is 5.84. The molecule has 0 N–H and O–H groups in total.